The van der Waals surface area contributed by atoms with Crippen molar-refractivity contribution in [3.05, 3.63) is 23.8 Å². The molecule has 1 saturated heterocycles. The van der Waals surface area contributed by atoms with Gasteiger partial charge in [0.15, 0.2) is 0 Å². The van der Waals surface area contributed by atoms with Gasteiger partial charge in [-0.05, 0) is 25.1 Å². The van der Waals surface area contributed by atoms with Gasteiger partial charge in [0.05, 0.1) is 23.5 Å². The van der Waals surface area contributed by atoms with Gasteiger partial charge >= 0.3 is 5.97 Å². The molecule has 20 heavy (non-hydrogen) atoms. The molecular weight excluding hydrogens is 260 g/mol. The van der Waals surface area contributed by atoms with Gasteiger partial charge < -0.3 is 20.5 Å². The standard InChI is InChI=1S/C14H18N2O4/c1-2-20-14(19)10-3-4-12(11(15)6-10)16-7-9(8-17)5-13(16)18/h3-4,6,9,17H,2,5,7-8,15H2,1H3. The number of nitrogens with two attached hydrogens (primary N) is 1. The van der Waals surface area contributed by atoms with Crippen molar-refractivity contribution in [3.63, 3.8) is 0 Å². The molecule has 0 aromatic heterocycles. The summed E-state index contributed by atoms with van der Waals surface area (Å²) >= 11 is 0. The van der Waals surface area contributed by atoms with Gasteiger partial charge in [0.1, 0.15) is 0 Å². The highest BCUT2D eigenvalue weighted by atomic mass is 16.5. The Kier molecular flexibility index (Phi) is 4.24. The van der Waals surface area contributed by atoms with Gasteiger partial charge in [-0.15, -0.1) is 0 Å². The predicted molar refractivity (Wildman–Crippen MR) is 74.4 cm³/mol. The maximum absolute atomic E-state index is 11.9. The van der Waals surface area contributed by atoms with Crippen LogP contribution in [0.4, 0.5) is 11.4 Å². The van der Waals surface area contributed by atoms with Crippen LogP contribution in [0.5, 0.6) is 0 Å². The highest BCUT2D eigenvalue weighted by Gasteiger charge is 2.31. The monoisotopic (exact) mass is 278 g/mol. The molecule has 0 saturated carbocycles. The third-order valence-corrected chi connectivity index (χ3v) is 3.29. The third kappa shape index (κ3) is 2.75. The number of aliphatic hydroxyl groups is 1. The van der Waals surface area contributed by atoms with Gasteiger partial charge in [0.25, 0.3) is 0 Å². The summed E-state index contributed by atoms with van der Waals surface area (Å²) in [5.74, 6) is -0.571. The van der Waals surface area contributed by atoms with Gasteiger partial charge in [-0.2, -0.15) is 0 Å². The van der Waals surface area contributed by atoms with Crippen molar-refractivity contribution in [2.45, 2.75) is 13.3 Å². The molecule has 1 aliphatic rings. The van der Waals surface area contributed by atoms with Gasteiger partial charge in [-0.25, -0.2) is 4.79 Å². The molecule has 1 aromatic carbocycles. The summed E-state index contributed by atoms with van der Waals surface area (Å²) in [6, 6.07) is 4.73. The fraction of sp³-hybridized carbons (Fsp3) is 0.429. The summed E-state index contributed by atoms with van der Waals surface area (Å²) in [4.78, 5) is 25.0. The van der Waals surface area contributed by atoms with Crippen LogP contribution in [0.3, 0.4) is 0 Å². The number of carbonyl (C=O) groups excluding carboxylic acids is 2. The topological polar surface area (TPSA) is 92.9 Å². The Morgan fingerprint density at radius 3 is 2.85 bits per heavy atom. The average molecular weight is 278 g/mol. The van der Waals surface area contributed by atoms with E-state index in [1.54, 1.807) is 24.0 Å². The number of anilines is 2. The van der Waals surface area contributed by atoms with Gasteiger partial charge in [-0.1, -0.05) is 0 Å². The number of benzene rings is 1. The molecule has 3 N–H and O–H groups in total. The number of ether oxygens (including phenoxy) is 1. The molecule has 0 bridgehead atoms. The maximum atomic E-state index is 11.9. The Hall–Kier alpha value is -2.08. The van der Waals surface area contributed by atoms with Crippen molar-refractivity contribution in [1.29, 1.82) is 0 Å². The molecule has 1 aliphatic heterocycles. The minimum absolute atomic E-state index is 0.0247. The molecule has 1 heterocycles. The molecule has 1 atom stereocenters. The zero-order valence-corrected chi connectivity index (χ0v) is 11.3. The SMILES string of the molecule is CCOC(=O)c1ccc(N2CC(CO)CC2=O)c(N)c1. The van der Waals surface area contributed by atoms with Crippen molar-refractivity contribution in [2.75, 3.05) is 30.4 Å². The molecular formula is C14H18N2O4. The normalized spacial score (nSPS) is 18.4. The lowest BCUT2D eigenvalue weighted by Crippen LogP contribution is -2.26. The first kappa shape index (κ1) is 14.3. The molecule has 6 heteroatoms. The van der Waals surface area contributed by atoms with E-state index in [1.165, 1.54) is 6.07 Å². The van der Waals surface area contributed by atoms with Crippen molar-refractivity contribution < 1.29 is 19.4 Å². The Labute approximate surface area is 117 Å². The number of nitrogen functional groups attached to an aromatic ring is 1. The fourth-order valence-corrected chi connectivity index (χ4v) is 2.28. The molecule has 6 nitrogen and oxygen atoms in total. The molecule has 1 aromatic rings. The van der Waals surface area contributed by atoms with Crippen molar-refractivity contribution in [1.82, 2.24) is 0 Å². The van der Waals surface area contributed by atoms with Crippen LogP contribution in [0.15, 0.2) is 18.2 Å². The van der Waals surface area contributed by atoms with Crippen LogP contribution in [-0.2, 0) is 9.53 Å². The fourth-order valence-electron chi connectivity index (χ4n) is 2.28. The number of hydrogen-bond donors (Lipinski definition) is 2. The number of rotatable bonds is 4. The number of carbonyl (C=O) groups is 2. The predicted octanol–water partition coefficient (Wildman–Crippen LogP) is 0.791. The molecule has 1 amide bonds. The van der Waals surface area contributed by atoms with E-state index >= 15 is 0 Å². The quantitative estimate of drug-likeness (QED) is 0.627. The minimum Gasteiger partial charge on any atom is -0.462 e. The molecule has 108 valence electrons. The first-order valence-electron chi connectivity index (χ1n) is 6.54. The van der Waals surface area contributed by atoms with Gasteiger partial charge in [0.2, 0.25) is 5.91 Å². The Balaban J connectivity index is 2.22. The smallest absolute Gasteiger partial charge is 0.338 e. The number of nitrogens with zero attached hydrogens (tertiary/aromatic N) is 1. The molecule has 2 rings (SSSR count). The van der Waals surface area contributed by atoms with Crippen LogP contribution in [0.25, 0.3) is 0 Å². The number of aliphatic hydroxyl groups excluding tert-OH is 1. The summed E-state index contributed by atoms with van der Waals surface area (Å²) in [6.45, 7) is 2.44. The summed E-state index contributed by atoms with van der Waals surface area (Å²) in [7, 11) is 0. The van der Waals surface area contributed by atoms with E-state index in [1.807, 2.05) is 0 Å². The summed E-state index contributed by atoms with van der Waals surface area (Å²) < 4.78 is 4.90. The van der Waals surface area contributed by atoms with Crippen LogP contribution in [0.1, 0.15) is 23.7 Å². The number of amides is 1. The lowest BCUT2D eigenvalue weighted by atomic mass is 10.1. The van der Waals surface area contributed by atoms with E-state index in [2.05, 4.69) is 0 Å². The average Bonchev–Trinajstić information content (AvgIpc) is 2.80. The van der Waals surface area contributed by atoms with Crippen molar-refractivity contribution in [3.8, 4) is 0 Å². The lowest BCUT2D eigenvalue weighted by Gasteiger charge is -2.19. The molecule has 0 spiro atoms. The van der Waals surface area contributed by atoms with E-state index in [-0.39, 0.29) is 18.4 Å². The van der Waals surface area contributed by atoms with Gasteiger partial charge in [0, 0.05) is 25.5 Å². The molecule has 0 radical (unpaired) electrons. The van der Waals surface area contributed by atoms with E-state index in [9.17, 15) is 9.59 Å². The van der Waals surface area contributed by atoms with Gasteiger partial charge in [-0.3, -0.25) is 4.79 Å². The Bertz CT molecular complexity index is 530. The van der Waals surface area contributed by atoms with Crippen LogP contribution >= 0.6 is 0 Å². The highest BCUT2D eigenvalue weighted by molar-refractivity contribution is 6.00. The zero-order valence-electron chi connectivity index (χ0n) is 11.3. The number of hydrogen-bond acceptors (Lipinski definition) is 5. The van der Waals surface area contributed by atoms with Crippen LogP contribution in [0.2, 0.25) is 0 Å². The second kappa shape index (κ2) is 5.92. The van der Waals surface area contributed by atoms with Crippen LogP contribution in [-0.4, -0.2) is 36.7 Å². The lowest BCUT2D eigenvalue weighted by molar-refractivity contribution is -0.117. The zero-order chi connectivity index (χ0) is 14.7. The highest BCUT2D eigenvalue weighted by Crippen LogP contribution is 2.30. The van der Waals surface area contributed by atoms with Crippen LogP contribution in [0, 0.1) is 5.92 Å². The van der Waals surface area contributed by atoms with E-state index in [4.69, 9.17) is 15.6 Å². The van der Waals surface area contributed by atoms with E-state index < -0.39 is 5.97 Å². The van der Waals surface area contributed by atoms with E-state index in [0.29, 0.717) is 36.5 Å². The minimum atomic E-state index is -0.438. The number of esters is 1. The second-order valence-electron chi connectivity index (χ2n) is 4.75. The first-order chi connectivity index (χ1) is 9.56. The van der Waals surface area contributed by atoms with Crippen LogP contribution < -0.4 is 10.6 Å². The summed E-state index contributed by atoms with van der Waals surface area (Å²) in [5, 5.41) is 9.12. The Morgan fingerprint density at radius 1 is 1.55 bits per heavy atom. The first-order valence-corrected chi connectivity index (χ1v) is 6.54. The second-order valence-corrected chi connectivity index (χ2v) is 4.75. The van der Waals surface area contributed by atoms with E-state index in [0.717, 1.165) is 0 Å². The van der Waals surface area contributed by atoms with Crippen molar-refractivity contribution in [2.24, 2.45) is 5.92 Å². The molecule has 0 aliphatic carbocycles. The third-order valence-electron chi connectivity index (χ3n) is 3.29. The summed E-state index contributed by atoms with van der Waals surface area (Å²) in [6.07, 6.45) is 0.315. The molecule has 1 unspecified atom stereocenters. The van der Waals surface area contributed by atoms with Crippen molar-refractivity contribution >= 4 is 23.3 Å². The molecule has 1 fully saturated rings. The maximum Gasteiger partial charge on any atom is 0.338 e. The largest absolute Gasteiger partial charge is 0.462 e. The Morgan fingerprint density at radius 2 is 2.30 bits per heavy atom. The summed E-state index contributed by atoms with van der Waals surface area (Å²) in [5.41, 5.74) is 7.20.